The number of amides is 1. The molecule has 1 N–H and O–H groups in total. The summed E-state index contributed by atoms with van der Waals surface area (Å²) in [5.74, 6) is 0.415. The van der Waals surface area contributed by atoms with Gasteiger partial charge in [-0.3, -0.25) is 14.2 Å². The van der Waals surface area contributed by atoms with Gasteiger partial charge in [0.1, 0.15) is 11.4 Å². The van der Waals surface area contributed by atoms with Crippen molar-refractivity contribution in [2.75, 3.05) is 6.54 Å². The van der Waals surface area contributed by atoms with Crippen LogP contribution in [0.4, 0.5) is 0 Å². The number of hydrogen-bond donors (Lipinski definition) is 1. The van der Waals surface area contributed by atoms with Gasteiger partial charge in [0, 0.05) is 30.6 Å². The quantitative estimate of drug-likeness (QED) is 0.677. The highest BCUT2D eigenvalue weighted by molar-refractivity contribution is 5.95. The zero-order valence-electron chi connectivity index (χ0n) is 18.7. The molecule has 2 aliphatic rings. The molecule has 6 nitrogen and oxygen atoms in total. The minimum absolute atomic E-state index is 0.203. The fourth-order valence-electron chi connectivity index (χ4n) is 5.09. The second-order valence-electron chi connectivity index (χ2n) is 8.83. The van der Waals surface area contributed by atoms with Crippen LogP contribution >= 0.6 is 0 Å². The highest BCUT2D eigenvalue weighted by Crippen LogP contribution is 2.27. The lowest BCUT2D eigenvalue weighted by molar-refractivity contribution is 0.0951. The van der Waals surface area contributed by atoms with Gasteiger partial charge in [0.15, 0.2) is 0 Å². The molecule has 0 saturated carbocycles. The highest BCUT2D eigenvalue weighted by Gasteiger charge is 2.21. The van der Waals surface area contributed by atoms with Crippen molar-refractivity contribution in [1.82, 2.24) is 19.9 Å². The molecule has 2 aliphatic carbocycles. The van der Waals surface area contributed by atoms with Gasteiger partial charge < -0.3 is 5.32 Å². The lowest BCUT2D eigenvalue weighted by Crippen LogP contribution is -2.34. The number of rotatable bonds is 5. The smallest absolute Gasteiger partial charge is 0.268 e. The summed E-state index contributed by atoms with van der Waals surface area (Å²) < 4.78 is 1.62. The lowest BCUT2D eigenvalue weighted by atomic mass is 10.1. The number of hydrogen-bond acceptors (Lipinski definition) is 4. The monoisotopic (exact) mass is 428 g/mol. The van der Waals surface area contributed by atoms with Crippen molar-refractivity contribution in [1.29, 1.82) is 0 Å². The Labute approximate surface area is 187 Å². The molecular formula is C26H28N4O2. The van der Waals surface area contributed by atoms with Crippen LogP contribution in [0.25, 0.3) is 5.69 Å². The molecule has 0 fully saturated rings. The van der Waals surface area contributed by atoms with E-state index in [4.69, 9.17) is 0 Å². The highest BCUT2D eigenvalue weighted by atomic mass is 16.2. The molecule has 0 spiro atoms. The summed E-state index contributed by atoms with van der Waals surface area (Å²) in [4.78, 5) is 35.6. The van der Waals surface area contributed by atoms with E-state index in [0.717, 1.165) is 61.4 Å². The van der Waals surface area contributed by atoms with Gasteiger partial charge in [0.25, 0.3) is 11.5 Å². The van der Waals surface area contributed by atoms with Gasteiger partial charge in [-0.15, -0.1) is 0 Å². The lowest BCUT2D eigenvalue weighted by Gasteiger charge is -2.14. The van der Waals surface area contributed by atoms with Gasteiger partial charge in [-0.05, 0) is 86.8 Å². The summed E-state index contributed by atoms with van der Waals surface area (Å²) in [7, 11) is 0. The topological polar surface area (TPSA) is 76.9 Å². The van der Waals surface area contributed by atoms with E-state index in [-0.39, 0.29) is 17.0 Å². The summed E-state index contributed by atoms with van der Waals surface area (Å²) in [6, 6.07) is 7.93. The van der Waals surface area contributed by atoms with Crippen molar-refractivity contribution < 1.29 is 4.79 Å². The first-order chi connectivity index (χ1) is 15.5. The second kappa shape index (κ2) is 8.34. The van der Waals surface area contributed by atoms with Crippen molar-refractivity contribution in [2.24, 2.45) is 0 Å². The third-order valence-corrected chi connectivity index (χ3v) is 6.73. The summed E-state index contributed by atoms with van der Waals surface area (Å²) in [6.07, 6.45) is 8.64. The predicted molar refractivity (Wildman–Crippen MR) is 124 cm³/mol. The number of fused-ring (bicyclic) bond motifs is 2. The zero-order valence-corrected chi connectivity index (χ0v) is 18.7. The van der Waals surface area contributed by atoms with Crippen molar-refractivity contribution in [2.45, 2.75) is 58.8 Å². The van der Waals surface area contributed by atoms with E-state index in [0.29, 0.717) is 18.5 Å². The molecule has 2 aromatic heterocycles. The number of nitrogens with zero attached hydrogens (tertiary/aromatic N) is 3. The molecule has 164 valence electrons. The molecule has 0 radical (unpaired) electrons. The van der Waals surface area contributed by atoms with Crippen LogP contribution in [0.2, 0.25) is 0 Å². The third-order valence-electron chi connectivity index (χ3n) is 6.73. The van der Waals surface area contributed by atoms with Crippen LogP contribution in [0.1, 0.15) is 62.7 Å². The van der Waals surface area contributed by atoms with Crippen molar-refractivity contribution in [3.05, 3.63) is 85.8 Å². The Morgan fingerprint density at radius 2 is 1.84 bits per heavy atom. The Hall–Kier alpha value is -3.28. The molecule has 1 aromatic carbocycles. The molecule has 5 rings (SSSR count). The van der Waals surface area contributed by atoms with E-state index in [1.807, 2.05) is 32.0 Å². The number of carbonyl (C=O) groups is 1. The first-order valence-corrected chi connectivity index (χ1v) is 11.5. The van der Waals surface area contributed by atoms with E-state index in [1.54, 1.807) is 10.8 Å². The van der Waals surface area contributed by atoms with Gasteiger partial charge in [-0.25, -0.2) is 9.97 Å². The van der Waals surface area contributed by atoms with Gasteiger partial charge in [-0.2, -0.15) is 0 Å². The predicted octanol–water partition coefficient (Wildman–Crippen LogP) is 3.19. The molecule has 1 amide bonds. The van der Waals surface area contributed by atoms with Crippen LogP contribution in [0.5, 0.6) is 0 Å². The Bertz CT molecular complexity index is 1280. The molecule has 0 bridgehead atoms. The molecule has 32 heavy (non-hydrogen) atoms. The standard InChI is InChI=1S/C26H28N4O2/c1-16-13-15-30(22-11-4-7-18-6-3-9-20(18)22)26(32)24(16)25(31)27-14-12-23-28-17(2)19-8-5-10-21(19)29-23/h4,7,11,13,15H,3,5-6,8-10,12,14H2,1-2H3,(H,27,31). The van der Waals surface area contributed by atoms with Crippen LogP contribution in [-0.2, 0) is 32.1 Å². The minimum atomic E-state index is -0.340. The van der Waals surface area contributed by atoms with Crippen LogP contribution in [-0.4, -0.2) is 27.0 Å². The van der Waals surface area contributed by atoms with E-state index < -0.39 is 0 Å². The van der Waals surface area contributed by atoms with Gasteiger partial charge in [0.05, 0.1) is 5.69 Å². The summed E-state index contributed by atoms with van der Waals surface area (Å²) in [6.45, 7) is 4.23. The van der Waals surface area contributed by atoms with Crippen molar-refractivity contribution in [3.63, 3.8) is 0 Å². The Kier molecular flexibility index (Phi) is 5.37. The number of nitrogens with one attached hydrogen (secondary N) is 1. The maximum Gasteiger partial charge on any atom is 0.268 e. The maximum atomic E-state index is 13.3. The Morgan fingerprint density at radius 3 is 2.72 bits per heavy atom. The van der Waals surface area contributed by atoms with Gasteiger partial charge in [0.2, 0.25) is 0 Å². The van der Waals surface area contributed by atoms with Crippen molar-refractivity contribution in [3.8, 4) is 5.69 Å². The average Bonchev–Trinajstić information content (AvgIpc) is 3.43. The number of aryl methyl sites for hydroxylation is 4. The first kappa shape index (κ1) is 20.6. The summed E-state index contributed by atoms with van der Waals surface area (Å²) >= 11 is 0. The van der Waals surface area contributed by atoms with E-state index in [9.17, 15) is 9.59 Å². The summed E-state index contributed by atoms with van der Waals surface area (Å²) in [5.41, 5.74) is 7.50. The minimum Gasteiger partial charge on any atom is -0.351 e. The molecule has 6 heteroatoms. The van der Waals surface area contributed by atoms with E-state index >= 15 is 0 Å². The number of benzene rings is 1. The van der Waals surface area contributed by atoms with Crippen LogP contribution in [0, 0.1) is 13.8 Å². The largest absolute Gasteiger partial charge is 0.351 e. The third kappa shape index (κ3) is 3.64. The normalized spacial score (nSPS) is 14.3. The van der Waals surface area contributed by atoms with E-state index in [2.05, 4.69) is 21.4 Å². The fourth-order valence-corrected chi connectivity index (χ4v) is 5.09. The van der Waals surface area contributed by atoms with Crippen LogP contribution < -0.4 is 10.9 Å². The van der Waals surface area contributed by atoms with Crippen LogP contribution in [0.3, 0.4) is 0 Å². The fraction of sp³-hybridized carbons (Fsp3) is 0.385. The Balaban J connectivity index is 1.36. The maximum absolute atomic E-state index is 13.3. The molecule has 3 aromatic rings. The zero-order chi connectivity index (χ0) is 22.2. The second-order valence-corrected chi connectivity index (χ2v) is 8.83. The molecule has 0 atom stereocenters. The molecule has 2 heterocycles. The summed E-state index contributed by atoms with van der Waals surface area (Å²) in [5, 5.41) is 2.92. The number of aromatic nitrogens is 3. The number of pyridine rings is 1. The first-order valence-electron chi connectivity index (χ1n) is 11.5. The Morgan fingerprint density at radius 1 is 1.03 bits per heavy atom. The molecule has 0 aliphatic heterocycles. The van der Waals surface area contributed by atoms with E-state index in [1.165, 1.54) is 16.7 Å². The molecule has 0 saturated heterocycles. The average molecular weight is 429 g/mol. The molecule has 0 unspecified atom stereocenters. The number of carbonyl (C=O) groups excluding carboxylic acids is 1. The van der Waals surface area contributed by atoms with Crippen molar-refractivity contribution >= 4 is 5.91 Å². The van der Waals surface area contributed by atoms with Crippen LogP contribution in [0.15, 0.2) is 35.3 Å². The van der Waals surface area contributed by atoms with Gasteiger partial charge >= 0.3 is 0 Å². The SMILES string of the molecule is Cc1ccn(-c2cccc3c2CCC3)c(=O)c1C(=O)NCCc1nc(C)c2c(n1)CCC2. The van der Waals surface area contributed by atoms with Gasteiger partial charge in [-0.1, -0.05) is 12.1 Å². The molecular weight excluding hydrogens is 400 g/mol.